The molecule has 12 aliphatic rings. The van der Waals surface area contributed by atoms with E-state index in [4.69, 9.17) is 28.6 Å². The minimum Gasteiger partial charge on any atom is -0.379 e. The maximum Gasteiger partial charge on any atom is 0.238 e. The van der Waals surface area contributed by atoms with Gasteiger partial charge in [-0.05, 0) is 130 Å². The zero-order chi connectivity index (χ0) is 69.3. The number of hydrogen-bond acceptors (Lipinski definition) is 25. The fraction of sp³-hybridized carbons (Fsp3) is 0.606. The van der Waals surface area contributed by atoms with Crippen molar-refractivity contribution in [2.45, 2.75) is 58.3 Å². The lowest BCUT2D eigenvalue weighted by molar-refractivity contribution is -0.123. The largest absolute Gasteiger partial charge is 0.379 e. The van der Waals surface area contributed by atoms with Gasteiger partial charge in [-0.2, -0.15) is 27.1 Å². The van der Waals surface area contributed by atoms with Crippen molar-refractivity contribution in [3.8, 4) is 0 Å². The molecule has 6 fully saturated rings. The number of aliphatic imine (C=N–C) groups is 1. The number of amides is 1. The van der Waals surface area contributed by atoms with E-state index in [0.29, 0.717) is 15.2 Å². The summed E-state index contributed by atoms with van der Waals surface area (Å²) in [5.41, 5.74) is 2.61. The molecule has 93 heavy (non-hydrogen) atoms. The number of nitrogens with zero attached hydrogens (tertiary/aromatic N) is 17. The molecule has 0 aromatic carbocycles. The molecule has 0 aromatic rings. The third-order valence-electron chi connectivity index (χ3n) is 14.5. The second kappa shape index (κ2) is 54.5. The number of ether oxygens (including phenoxy) is 1. The highest BCUT2D eigenvalue weighted by molar-refractivity contribution is 8.24. The van der Waals surface area contributed by atoms with Gasteiger partial charge in [-0.15, -0.1) is 11.8 Å². The van der Waals surface area contributed by atoms with Gasteiger partial charge in [-0.25, -0.2) is 4.99 Å². The number of allylic oxidation sites excluding steroid dienone is 3. The fourth-order valence-corrected chi connectivity index (χ4v) is 12.4. The Labute approximate surface area is 600 Å². The lowest BCUT2D eigenvalue weighted by Crippen LogP contribution is -2.42. The standard InChI is InChI=1S/C7H11NS.C7H15N.C6H7ClN2.C6H14N2.C6H8N2.C6H13N.C5H8N2S.C5H11NO.C5H7NS.C5H11NS.C4H6N2S.C4H5NOS2/c1-3-4-8-5-6-9-7(8)2;1-8-6-4-2-3-5-7-8;1-5-3-4-6(7)8-9(5)2;1-7-3-5-8(2)6-4-7;1-6-7-4-3-5-8(6)2;1-7-5-3-2-4-6-7;1-5-7(2)6-3-4-8-5;1-6-2-4-7-5-3-6;1-5-6(2)3-4-7-5;1-6-2-4-7-5-3-6;1-4-6(2)5-3-7-4;1-5-3(6)2-8-4(5)7/h5-6H,2-4H2,1H3;2-7H2,1H3;3-4H,1H2,2H3;3-6H2,1-2H3;3-5H,1H2,2H3;2-6H2,1H3;3H,1,4H2,2H3;2-5H2,1H3;3-4H,1H2,2H3;2-5H2,1H3;3H,1H2,2H3;2H2,1H3. The van der Waals surface area contributed by atoms with E-state index in [1.54, 1.807) is 94.0 Å². The smallest absolute Gasteiger partial charge is 0.238 e. The van der Waals surface area contributed by atoms with Crippen molar-refractivity contribution < 1.29 is 9.53 Å². The van der Waals surface area contributed by atoms with Crippen molar-refractivity contribution in [2.24, 2.45) is 20.3 Å². The van der Waals surface area contributed by atoms with Crippen LogP contribution < -0.4 is 0 Å². The number of hydrogen-bond donors (Lipinski definition) is 0. The molecular formula is C66H116ClN17O2S7. The maximum atomic E-state index is 10.6. The fourth-order valence-electron chi connectivity index (χ4n) is 7.79. The first-order valence-corrected chi connectivity index (χ1v) is 38.3. The summed E-state index contributed by atoms with van der Waals surface area (Å²) in [6, 6.07) is 0. The van der Waals surface area contributed by atoms with E-state index in [2.05, 4.69) is 167 Å². The molecule has 0 saturated carbocycles. The van der Waals surface area contributed by atoms with Crippen molar-refractivity contribution in [3.05, 3.63) is 119 Å². The summed E-state index contributed by atoms with van der Waals surface area (Å²) in [6.07, 6.45) is 26.2. The predicted octanol–water partition coefficient (Wildman–Crippen LogP) is 12.3. The molecule has 12 heterocycles. The summed E-state index contributed by atoms with van der Waals surface area (Å²) in [4.78, 5) is 36.2. The Kier molecular flexibility index (Phi) is 51.4. The highest BCUT2D eigenvalue weighted by atomic mass is 35.5. The van der Waals surface area contributed by atoms with Crippen molar-refractivity contribution in [1.82, 2.24) is 64.0 Å². The number of halogens is 1. The Morgan fingerprint density at radius 2 is 1.08 bits per heavy atom. The van der Waals surface area contributed by atoms with Gasteiger partial charge in [0.05, 0.1) is 50.3 Å². The monoisotopic (exact) mass is 1440 g/mol. The second-order valence-electron chi connectivity index (χ2n) is 22.6. The van der Waals surface area contributed by atoms with Crippen LogP contribution in [0.3, 0.4) is 0 Å². The molecule has 0 unspecified atom stereocenters. The third-order valence-corrected chi connectivity index (χ3v) is 20.4. The summed E-state index contributed by atoms with van der Waals surface area (Å²) in [5, 5.41) is 25.7. The van der Waals surface area contributed by atoms with E-state index < -0.39 is 0 Å². The molecule has 6 saturated heterocycles. The van der Waals surface area contributed by atoms with Crippen LogP contribution in [0.1, 0.15) is 58.3 Å². The Balaban J connectivity index is 0.000000508. The average Bonchev–Trinajstić information content (AvgIpc) is 2.92. The Morgan fingerprint density at radius 3 is 1.38 bits per heavy atom. The highest BCUT2D eigenvalue weighted by Crippen LogP contribution is 2.27. The third kappa shape index (κ3) is 45.6. The minimum atomic E-state index is 0.111. The number of thioether (sulfide) groups is 6. The number of piperazine rings is 1. The molecule has 526 valence electrons. The molecule has 0 atom stereocenters. The molecule has 0 spiro atoms. The van der Waals surface area contributed by atoms with Gasteiger partial charge in [0.25, 0.3) is 0 Å². The zero-order valence-corrected chi connectivity index (χ0v) is 65.3. The molecule has 0 N–H and O–H groups in total. The van der Waals surface area contributed by atoms with Crippen LogP contribution in [-0.2, 0) is 9.53 Å². The predicted molar refractivity (Wildman–Crippen MR) is 424 cm³/mol. The Morgan fingerprint density at radius 1 is 0.559 bits per heavy atom. The molecular weight excluding hydrogens is 1320 g/mol. The number of thiocarbonyl (C=S) groups is 1. The van der Waals surface area contributed by atoms with E-state index in [9.17, 15) is 4.79 Å². The van der Waals surface area contributed by atoms with Crippen LogP contribution in [0.5, 0.6) is 0 Å². The molecule has 0 aliphatic carbocycles. The van der Waals surface area contributed by atoms with Gasteiger partial charge >= 0.3 is 0 Å². The van der Waals surface area contributed by atoms with Crippen molar-refractivity contribution >= 4 is 128 Å². The SMILES string of the molecule is C=C1C=CC(Cl)=NN1C.C=C1N=CC=CN1C.C=C1SC=CN1C.C=C1SC=CN1CCC.C=C1SC=NN1C.C=C1SCC=NN1C.CN1C(=O)CSC1=S.CN1CCCCC1.CN1CCCCCC1.CN1CCN(C)CC1.CN1CCOCC1.CN1CCSCC1. The number of carbonyl (C=O) groups is 1. The van der Waals surface area contributed by atoms with Crippen LogP contribution in [-0.4, -0.2) is 303 Å². The second-order valence-corrected chi connectivity index (χ2v) is 29.8. The van der Waals surface area contributed by atoms with Crippen LogP contribution in [0.4, 0.5) is 0 Å². The number of likely N-dealkylation sites (tertiary alicyclic amines) is 2. The number of likely N-dealkylation sites (N-methyl/N-ethyl adjacent to an activating group) is 4. The maximum absolute atomic E-state index is 10.6. The van der Waals surface area contributed by atoms with Gasteiger partial charge < -0.3 is 53.7 Å². The van der Waals surface area contributed by atoms with Crippen LogP contribution in [0.2, 0.25) is 0 Å². The topological polar surface area (TPSA) is 118 Å². The number of piperidine rings is 1. The molecule has 0 bridgehead atoms. The van der Waals surface area contributed by atoms with Crippen LogP contribution in [0.25, 0.3) is 0 Å². The van der Waals surface area contributed by atoms with Gasteiger partial charge in [-0.1, -0.05) is 137 Å². The molecule has 0 radical (unpaired) electrons. The summed E-state index contributed by atoms with van der Waals surface area (Å²) < 4.78 is 5.79. The van der Waals surface area contributed by atoms with Crippen molar-refractivity contribution in [2.75, 3.05) is 206 Å². The molecule has 12 rings (SSSR count). The first-order valence-electron chi connectivity index (χ1n) is 31.8. The molecule has 19 nitrogen and oxygen atoms in total. The molecule has 1 amide bonds. The summed E-state index contributed by atoms with van der Waals surface area (Å²) in [7, 11) is 24.2. The van der Waals surface area contributed by atoms with Crippen LogP contribution >= 0.6 is 94.4 Å². The van der Waals surface area contributed by atoms with Gasteiger partial charge in [-0.3, -0.25) is 19.8 Å². The van der Waals surface area contributed by atoms with Gasteiger partial charge in [0.15, 0.2) is 0 Å². The summed E-state index contributed by atoms with van der Waals surface area (Å²) in [6.45, 7) is 42.6. The summed E-state index contributed by atoms with van der Waals surface area (Å²) >= 11 is 20.4. The minimum absolute atomic E-state index is 0.111. The first-order chi connectivity index (χ1) is 44.3. The van der Waals surface area contributed by atoms with Crippen LogP contribution in [0.15, 0.2) is 139 Å². The van der Waals surface area contributed by atoms with Gasteiger partial charge in [0.1, 0.15) is 15.3 Å². The number of carbonyl (C=O) groups excluding carboxylic acids is 1. The van der Waals surface area contributed by atoms with E-state index in [-0.39, 0.29) is 5.91 Å². The van der Waals surface area contributed by atoms with E-state index in [0.717, 1.165) is 70.2 Å². The summed E-state index contributed by atoms with van der Waals surface area (Å²) in [5.74, 6) is 5.04. The number of morpholine rings is 1. The lowest BCUT2D eigenvalue weighted by atomic mass is 10.1. The Hall–Kier alpha value is -3.45. The molecule has 0 aromatic heterocycles. The number of hydrazone groups is 3. The Bertz CT molecular complexity index is 2330. The van der Waals surface area contributed by atoms with Crippen molar-refractivity contribution in [3.63, 3.8) is 0 Å². The lowest BCUT2D eigenvalue weighted by Gasteiger charge is -2.28. The number of rotatable bonds is 2. The van der Waals surface area contributed by atoms with Crippen LogP contribution in [0, 0.1) is 0 Å². The average molecular weight is 1440 g/mol. The highest BCUT2D eigenvalue weighted by Gasteiger charge is 2.22. The quantitative estimate of drug-likeness (QED) is 0.244. The van der Waals surface area contributed by atoms with Gasteiger partial charge in [0.2, 0.25) is 5.91 Å². The normalized spacial score (nSPS) is 21.4. The van der Waals surface area contributed by atoms with E-state index >= 15 is 0 Å². The van der Waals surface area contributed by atoms with E-state index in [1.165, 1.54) is 145 Å². The zero-order valence-electron chi connectivity index (χ0n) is 58.8. The van der Waals surface area contributed by atoms with Crippen molar-refractivity contribution in [1.29, 1.82) is 0 Å². The van der Waals surface area contributed by atoms with Gasteiger partial charge in [0, 0.05) is 149 Å². The van der Waals surface area contributed by atoms with E-state index in [1.807, 2.05) is 74.2 Å². The molecule has 27 heteroatoms. The molecule has 12 aliphatic heterocycles. The first kappa shape index (κ1) is 87.6.